The van der Waals surface area contributed by atoms with Crippen molar-refractivity contribution in [3.05, 3.63) is 35.5 Å². The highest BCUT2D eigenvalue weighted by Gasteiger charge is 2.34. The van der Waals surface area contributed by atoms with Gasteiger partial charge in [-0.1, -0.05) is 0 Å². The highest BCUT2D eigenvalue weighted by atomic mass is 19.4. The Morgan fingerprint density at radius 1 is 1.13 bits per heavy atom. The average molecular weight is 417 g/mol. The van der Waals surface area contributed by atoms with Gasteiger partial charge in [-0.15, -0.1) is 10.2 Å². The minimum atomic E-state index is -4.51. The number of benzene rings is 1. The number of hydrogen-bond acceptors (Lipinski definition) is 5. The van der Waals surface area contributed by atoms with Crippen LogP contribution in [-0.4, -0.2) is 50.1 Å². The molecule has 0 amide bonds. The number of halogens is 3. The number of fused-ring (bicyclic) bond motifs is 1. The second kappa shape index (κ2) is 6.94. The van der Waals surface area contributed by atoms with Crippen LogP contribution < -0.4 is 0 Å². The van der Waals surface area contributed by atoms with E-state index in [1.165, 1.54) is 6.07 Å². The molecular weight excluding hydrogens is 395 g/mol. The summed E-state index contributed by atoms with van der Waals surface area (Å²) in [7, 11) is 2.09. The minimum absolute atomic E-state index is 0.216. The summed E-state index contributed by atoms with van der Waals surface area (Å²) in [5.41, 5.74) is 1.44. The van der Waals surface area contributed by atoms with E-state index >= 15 is 0 Å². The highest BCUT2D eigenvalue weighted by molar-refractivity contribution is 5.87. The summed E-state index contributed by atoms with van der Waals surface area (Å²) in [5.74, 6) is -0.187. The maximum atomic E-state index is 13.0. The van der Waals surface area contributed by atoms with Crippen LogP contribution in [0.15, 0.2) is 24.4 Å². The molecule has 1 aliphatic heterocycles. The molecule has 3 heterocycles. The summed E-state index contributed by atoms with van der Waals surface area (Å²) in [6.45, 7) is 1.95. The zero-order valence-electron chi connectivity index (χ0n) is 16.5. The average Bonchev–Trinajstić information content (AvgIpc) is 3.44. The Hall–Kier alpha value is -2.68. The zero-order valence-corrected chi connectivity index (χ0v) is 16.5. The van der Waals surface area contributed by atoms with E-state index in [1.807, 2.05) is 4.68 Å². The fourth-order valence-corrected chi connectivity index (χ4v) is 4.42. The third-order valence-electron chi connectivity index (χ3n) is 6.07. The molecule has 6 nitrogen and oxygen atoms in total. The van der Waals surface area contributed by atoms with E-state index < -0.39 is 17.5 Å². The molecule has 9 heteroatoms. The van der Waals surface area contributed by atoms with Gasteiger partial charge < -0.3 is 10.0 Å². The largest absolute Gasteiger partial charge is 0.507 e. The molecule has 158 valence electrons. The summed E-state index contributed by atoms with van der Waals surface area (Å²) in [6.07, 6.45) is 1.33. The Labute approximate surface area is 171 Å². The van der Waals surface area contributed by atoms with Crippen LogP contribution in [0.2, 0.25) is 0 Å². The number of hydrogen-bond donors (Lipinski definition) is 1. The Balaban J connectivity index is 1.61. The van der Waals surface area contributed by atoms with Crippen molar-refractivity contribution < 1.29 is 18.3 Å². The van der Waals surface area contributed by atoms with Gasteiger partial charge in [0, 0.05) is 17.5 Å². The van der Waals surface area contributed by atoms with E-state index in [9.17, 15) is 18.3 Å². The van der Waals surface area contributed by atoms with Crippen LogP contribution >= 0.6 is 0 Å². The van der Waals surface area contributed by atoms with Crippen LogP contribution in [0, 0.1) is 0 Å². The third-order valence-corrected chi connectivity index (χ3v) is 6.07. The van der Waals surface area contributed by atoms with E-state index in [-0.39, 0.29) is 17.5 Å². The number of aromatic hydroxyl groups is 1. The highest BCUT2D eigenvalue weighted by Crippen LogP contribution is 2.48. The number of likely N-dealkylation sites (tertiary alicyclic amines) is 1. The van der Waals surface area contributed by atoms with Gasteiger partial charge in [0.25, 0.3) is 0 Å². The molecule has 30 heavy (non-hydrogen) atoms. The van der Waals surface area contributed by atoms with E-state index in [0.717, 1.165) is 61.9 Å². The van der Waals surface area contributed by atoms with Crippen LogP contribution in [-0.2, 0) is 6.18 Å². The molecule has 2 aromatic heterocycles. The number of aromatic nitrogens is 4. The molecule has 3 aromatic rings. The minimum Gasteiger partial charge on any atom is -0.507 e. The van der Waals surface area contributed by atoms with Crippen molar-refractivity contribution in [1.29, 1.82) is 0 Å². The lowest BCUT2D eigenvalue weighted by atomic mass is 9.98. The first-order valence-electron chi connectivity index (χ1n) is 10.2. The van der Waals surface area contributed by atoms with Gasteiger partial charge in [0.15, 0.2) is 5.65 Å². The quantitative estimate of drug-likeness (QED) is 0.686. The van der Waals surface area contributed by atoms with Gasteiger partial charge in [-0.2, -0.15) is 18.3 Å². The second-order valence-corrected chi connectivity index (χ2v) is 8.35. The molecule has 1 saturated heterocycles. The van der Waals surface area contributed by atoms with Crippen LogP contribution in [0.1, 0.15) is 48.8 Å². The van der Waals surface area contributed by atoms with E-state index in [4.69, 9.17) is 0 Å². The summed E-state index contributed by atoms with van der Waals surface area (Å²) in [6, 6.07) is 3.21. The molecular formula is C21H22F3N5O. The van der Waals surface area contributed by atoms with Gasteiger partial charge >= 0.3 is 6.18 Å². The molecule has 2 aliphatic rings. The van der Waals surface area contributed by atoms with Gasteiger partial charge in [0.1, 0.15) is 11.4 Å². The zero-order chi connectivity index (χ0) is 21.0. The lowest BCUT2D eigenvalue weighted by Crippen LogP contribution is -2.34. The number of piperidine rings is 1. The first kappa shape index (κ1) is 19.3. The van der Waals surface area contributed by atoms with Crippen LogP contribution in [0.4, 0.5) is 13.2 Å². The van der Waals surface area contributed by atoms with Crippen molar-refractivity contribution in [3.63, 3.8) is 0 Å². The molecule has 0 bridgehead atoms. The Morgan fingerprint density at radius 2 is 1.93 bits per heavy atom. The number of likely N-dealkylation sites (N-methyl/N-ethyl adjacent to an activating group) is 1. The lowest BCUT2D eigenvalue weighted by molar-refractivity contribution is -0.137. The van der Waals surface area contributed by atoms with Crippen LogP contribution in [0.25, 0.3) is 22.3 Å². The smallest absolute Gasteiger partial charge is 0.416 e. The van der Waals surface area contributed by atoms with Gasteiger partial charge in [-0.25, -0.2) is 4.68 Å². The van der Waals surface area contributed by atoms with Crippen molar-refractivity contribution in [1.82, 2.24) is 24.9 Å². The van der Waals surface area contributed by atoms with Crippen molar-refractivity contribution in [3.8, 4) is 17.0 Å². The first-order valence-corrected chi connectivity index (χ1v) is 10.2. The fraction of sp³-hybridized carbons (Fsp3) is 0.476. The molecule has 2 fully saturated rings. The van der Waals surface area contributed by atoms with Gasteiger partial charge in [0.2, 0.25) is 0 Å². The normalized spacial score (nSPS) is 20.7. The third kappa shape index (κ3) is 3.30. The Morgan fingerprint density at radius 3 is 2.60 bits per heavy atom. The molecule has 0 spiro atoms. The Bertz CT molecular complexity index is 1110. The topological polar surface area (TPSA) is 67.1 Å². The maximum Gasteiger partial charge on any atom is 0.416 e. The van der Waals surface area contributed by atoms with Crippen LogP contribution in [0.5, 0.6) is 5.75 Å². The monoisotopic (exact) mass is 417 g/mol. The number of nitrogens with zero attached hydrogens (tertiary/aromatic N) is 5. The van der Waals surface area contributed by atoms with Crippen molar-refractivity contribution in [2.45, 2.75) is 43.8 Å². The SMILES string of the molecule is CN1CCCC(n2ncc3c(C4CC4)c(-c4ccc(C(F)(F)F)cc4O)nnc32)C1. The first-order chi connectivity index (χ1) is 14.3. The standard InChI is InChI=1S/C21H22F3N5O/c1-28-8-2-3-14(11-28)29-20-16(10-25-29)18(12-4-5-12)19(26-27-20)15-7-6-13(9-17(15)30)21(22,23)24/h6-7,9-10,12,14,30H,2-5,8,11H2,1H3. The number of phenolic OH excluding ortho intramolecular Hbond substituents is 1. The summed E-state index contributed by atoms with van der Waals surface area (Å²) < 4.78 is 40.9. The Kier molecular flexibility index (Phi) is 4.46. The van der Waals surface area contributed by atoms with Crippen molar-refractivity contribution >= 4 is 11.0 Å². The summed E-state index contributed by atoms with van der Waals surface area (Å²) in [4.78, 5) is 2.27. The summed E-state index contributed by atoms with van der Waals surface area (Å²) >= 11 is 0. The van der Waals surface area contributed by atoms with Gasteiger partial charge in [0.05, 0.1) is 17.8 Å². The molecule has 1 N–H and O–H groups in total. The van der Waals surface area contributed by atoms with Crippen molar-refractivity contribution in [2.24, 2.45) is 0 Å². The fourth-order valence-electron chi connectivity index (χ4n) is 4.42. The predicted octanol–water partition coefficient (Wildman–Crippen LogP) is 4.36. The van der Waals surface area contributed by atoms with Crippen LogP contribution in [0.3, 0.4) is 0 Å². The van der Waals surface area contributed by atoms with Crippen molar-refractivity contribution in [2.75, 3.05) is 20.1 Å². The molecule has 0 radical (unpaired) electrons. The number of rotatable bonds is 3. The predicted molar refractivity (Wildman–Crippen MR) is 105 cm³/mol. The molecule has 1 unspecified atom stereocenters. The molecule has 1 aliphatic carbocycles. The molecule has 1 aromatic carbocycles. The van der Waals surface area contributed by atoms with E-state index in [1.54, 1.807) is 6.20 Å². The number of alkyl halides is 3. The number of phenols is 1. The van der Waals surface area contributed by atoms with Gasteiger partial charge in [-0.05, 0) is 69.0 Å². The molecule has 1 atom stereocenters. The maximum absolute atomic E-state index is 13.0. The second-order valence-electron chi connectivity index (χ2n) is 8.35. The molecule has 1 saturated carbocycles. The van der Waals surface area contributed by atoms with Gasteiger partial charge in [-0.3, -0.25) is 0 Å². The van der Waals surface area contributed by atoms with E-state index in [0.29, 0.717) is 11.3 Å². The molecule has 5 rings (SSSR count). The lowest BCUT2D eigenvalue weighted by Gasteiger charge is -2.29. The summed E-state index contributed by atoms with van der Waals surface area (Å²) in [5, 5.41) is 24.6. The van der Waals surface area contributed by atoms with E-state index in [2.05, 4.69) is 27.2 Å².